The van der Waals surface area contributed by atoms with Crippen molar-refractivity contribution < 1.29 is 15.0 Å². The molecule has 0 saturated heterocycles. The Hall–Kier alpha value is -1.65. The van der Waals surface area contributed by atoms with Gasteiger partial charge in [0.15, 0.2) is 0 Å². The molecule has 0 aliphatic rings. The summed E-state index contributed by atoms with van der Waals surface area (Å²) >= 11 is 0. The Kier molecular flexibility index (Phi) is 58.2. The lowest BCUT2D eigenvalue weighted by atomic mass is 10.0. The summed E-state index contributed by atoms with van der Waals surface area (Å²) in [5, 5.41) is 23.2. The molecule has 68 heavy (non-hydrogen) atoms. The molecule has 0 aliphatic carbocycles. The molecular formula is C64H121NO3. The summed E-state index contributed by atoms with van der Waals surface area (Å²) < 4.78 is 0. The number of allylic oxidation sites excluding steroid dienone is 7. The highest BCUT2D eigenvalue weighted by molar-refractivity contribution is 5.76. The first-order valence-electron chi connectivity index (χ1n) is 30.9. The minimum atomic E-state index is -0.841. The van der Waals surface area contributed by atoms with E-state index in [0.717, 1.165) is 38.5 Å². The van der Waals surface area contributed by atoms with E-state index in [1.54, 1.807) is 6.08 Å². The summed E-state index contributed by atoms with van der Waals surface area (Å²) in [6.07, 6.45) is 82.9. The molecule has 0 saturated carbocycles. The number of carbonyl (C=O) groups is 1. The second-order valence-corrected chi connectivity index (χ2v) is 21.1. The fourth-order valence-corrected chi connectivity index (χ4v) is 9.60. The number of aliphatic hydroxyl groups is 2. The maximum absolute atomic E-state index is 12.5. The Morgan fingerprint density at radius 1 is 0.353 bits per heavy atom. The number of unbranched alkanes of at least 4 members (excludes halogenated alkanes) is 44. The van der Waals surface area contributed by atoms with Crippen LogP contribution in [-0.4, -0.2) is 34.9 Å². The van der Waals surface area contributed by atoms with E-state index in [1.807, 2.05) is 6.08 Å². The molecule has 0 fully saturated rings. The largest absolute Gasteiger partial charge is 0.394 e. The zero-order valence-electron chi connectivity index (χ0n) is 46.1. The van der Waals surface area contributed by atoms with Gasteiger partial charge in [-0.25, -0.2) is 0 Å². The van der Waals surface area contributed by atoms with Crippen LogP contribution in [0, 0.1) is 0 Å². The molecule has 0 aromatic rings. The van der Waals surface area contributed by atoms with E-state index in [9.17, 15) is 15.0 Å². The average Bonchev–Trinajstić information content (AvgIpc) is 3.34. The summed E-state index contributed by atoms with van der Waals surface area (Å²) in [5.41, 5.74) is 0. The third-order valence-corrected chi connectivity index (χ3v) is 14.3. The Bertz CT molecular complexity index is 1080. The van der Waals surface area contributed by atoms with Crippen LogP contribution in [0.1, 0.15) is 335 Å². The highest BCUT2D eigenvalue weighted by atomic mass is 16.3. The molecule has 0 aromatic heterocycles. The van der Waals surface area contributed by atoms with Crippen molar-refractivity contribution in [1.82, 2.24) is 5.32 Å². The second kappa shape index (κ2) is 59.7. The molecule has 3 N–H and O–H groups in total. The molecular weight excluding hydrogens is 831 g/mol. The first-order valence-corrected chi connectivity index (χ1v) is 30.9. The fraction of sp³-hybridized carbons (Fsp3) is 0.859. The Morgan fingerprint density at radius 2 is 0.603 bits per heavy atom. The molecule has 0 bridgehead atoms. The number of hydrogen-bond donors (Lipinski definition) is 3. The van der Waals surface area contributed by atoms with Crippen LogP contribution >= 0.6 is 0 Å². The van der Waals surface area contributed by atoms with E-state index < -0.39 is 12.1 Å². The van der Waals surface area contributed by atoms with Crippen LogP contribution in [0.15, 0.2) is 48.6 Å². The van der Waals surface area contributed by atoms with Crippen LogP contribution < -0.4 is 5.32 Å². The van der Waals surface area contributed by atoms with E-state index in [2.05, 4.69) is 55.6 Å². The molecule has 4 nitrogen and oxygen atoms in total. The number of nitrogens with one attached hydrogen (secondary N) is 1. The molecule has 2 atom stereocenters. The van der Waals surface area contributed by atoms with Crippen LogP contribution in [-0.2, 0) is 4.79 Å². The van der Waals surface area contributed by atoms with Crippen LogP contribution in [0.25, 0.3) is 0 Å². The molecule has 1 amide bonds. The zero-order chi connectivity index (χ0) is 49.2. The lowest BCUT2D eigenvalue weighted by Crippen LogP contribution is -2.45. The molecule has 0 aromatic carbocycles. The number of amides is 1. The Morgan fingerprint density at radius 3 is 0.897 bits per heavy atom. The van der Waals surface area contributed by atoms with Gasteiger partial charge >= 0.3 is 0 Å². The van der Waals surface area contributed by atoms with Crippen molar-refractivity contribution >= 4 is 5.91 Å². The van der Waals surface area contributed by atoms with E-state index in [0.29, 0.717) is 6.42 Å². The highest BCUT2D eigenvalue weighted by Crippen LogP contribution is 2.18. The summed E-state index contributed by atoms with van der Waals surface area (Å²) in [4.78, 5) is 12.5. The van der Waals surface area contributed by atoms with Gasteiger partial charge in [0.1, 0.15) is 0 Å². The van der Waals surface area contributed by atoms with Gasteiger partial charge in [0, 0.05) is 6.42 Å². The minimum absolute atomic E-state index is 0.0596. The molecule has 0 spiro atoms. The predicted octanol–water partition coefficient (Wildman–Crippen LogP) is 20.6. The van der Waals surface area contributed by atoms with Crippen molar-refractivity contribution in [3.63, 3.8) is 0 Å². The maximum Gasteiger partial charge on any atom is 0.220 e. The first-order chi connectivity index (χ1) is 33.7. The van der Waals surface area contributed by atoms with Gasteiger partial charge < -0.3 is 15.5 Å². The molecule has 4 heteroatoms. The van der Waals surface area contributed by atoms with Gasteiger partial charge in [-0.05, 0) is 57.8 Å². The Labute approximate surface area is 426 Å². The molecule has 0 rings (SSSR count). The number of carbonyl (C=O) groups excluding carboxylic acids is 1. The number of rotatable bonds is 57. The number of hydrogen-bond acceptors (Lipinski definition) is 3. The molecule has 0 radical (unpaired) electrons. The smallest absolute Gasteiger partial charge is 0.220 e. The zero-order valence-corrected chi connectivity index (χ0v) is 46.1. The van der Waals surface area contributed by atoms with Gasteiger partial charge in [-0.1, -0.05) is 319 Å². The fourth-order valence-electron chi connectivity index (χ4n) is 9.60. The van der Waals surface area contributed by atoms with Crippen molar-refractivity contribution in [2.45, 2.75) is 347 Å². The van der Waals surface area contributed by atoms with Crippen molar-refractivity contribution in [3.05, 3.63) is 48.6 Å². The van der Waals surface area contributed by atoms with Gasteiger partial charge in [-0.15, -0.1) is 0 Å². The van der Waals surface area contributed by atoms with Gasteiger partial charge in [0.25, 0.3) is 0 Å². The van der Waals surface area contributed by atoms with Gasteiger partial charge in [-0.3, -0.25) is 4.79 Å². The third kappa shape index (κ3) is 55.3. The quantitative estimate of drug-likeness (QED) is 0.0420. The maximum atomic E-state index is 12.5. The van der Waals surface area contributed by atoms with Crippen LogP contribution in [0.3, 0.4) is 0 Å². The predicted molar refractivity (Wildman–Crippen MR) is 304 cm³/mol. The monoisotopic (exact) mass is 952 g/mol. The summed E-state index contributed by atoms with van der Waals surface area (Å²) in [7, 11) is 0. The lowest BCUT2D eigenvalue weighted by Gasteiger charge is -2.20. The summed E-state index contributed by atoms with van der Waals surface area (Å²) in [6.45, 7) is 4.33. The van der Waals surface area contributed by atoms with E-state index in [1.165, 1.54) is 276 Å². The molecule has 2 unspecified atom stereocenters. The van der Waals surface area contributed by atoms with Crippen LogP contribution in [0.4, 0.5) is 0 Å². The Balaban J connectivity index is 3.47. The van der Waals surface area contributed by atoms with Gasteiger partial charge in [0.05, 0.1) is 18.8 Å². The average molecular weight is 953 g/mol. The van der Waals surface area contributed by atoms with E-state index in [4.69, 9.17) is 0 Å². The van der Waals surface area contributed by atoms with Gasteiger partial charge in [0.2, 0.25) is 5.91 Å². The molecule has 0 heterocycles. The highest BCUT2D eigenvalue weighted by Gasteiger charge is 2.18. The lowest BCUT2D eigenvalue weighted by molar-refractivity contribution is -0.123. The van der Waals surface area contributed by atoms with E-state index in [-0.39, 0.29) is 12.5 Å². The van der Waals surface area contributed by atoms with Crippen molar-refractivity contribution in [3.8, 4) is 0 Å². The SMILES string of the molecule is CCCCCCC/C=C\C/C=C\C/C=C\CCCCCCCCCCCCCCCCCCC(=O)NC(CO)C(O)/C=C/CCCCCCCCCCCCCCCCCCCCCCCCC. The molecule has 0 aliphatic heterocycles. The summed E-state index contributed by atoms with van der Waals surface area (Å²) in [6, 6.07) is -0.624. The third-order valence-electron chi connectivity index (χ3n) is 14.3. The van der Waals surface area contributed by atoms with Gasteiger partial charge in [-0.2, -0.15) is 0 Å². The second-order valence-electron chi connectivity index (χ2n) is 21.1. The van der Waals surface area contributed by atoms with Crippen LogP contribution in [0.5, 0.6) is 0 Å². The topological polar surface area (TPSA) is 69.6 Å². The molecule has 400 valence electrons. The van der Waals surface area contributed by atoms with Crippen molar-refractivity contribution in [1.29, 1.82) is 0 Å². The number of aliphatic hydroxyl groups excluding tert-OH is 2. The minimum Gasteiger partial charge on any atom is -0.394 e. The van der Waals surface area contributed by atoms with Crippen molar-refractivity contribution in [2.24, 2.45) is 0 Å². The van der Waals surface area contributed by atoms with E-state index >= 15 is 0 Å². The van der Waals surface area contributed by atoms with Crippen molar-refractivity contribution in [2.75, 3.05) is 6.61 Å². The summed E-state index contributed by atoms with van der Waals surface area (Å²) in [5.74, 6) is -0.0596. The standard InChI is InChI=1S/C64H121NO3/c1-3-5-7-9-11-13-15-17-19-21-23-25-27-29-30-31-32-33-34-36-38-40-42-44-46-48-50-52-54-56-58-60-64(68)65-62(61-66)63(67)59-57-55-53-51-49-47-45-43-41-39-37-35-28-26-24-22-20-18-16-14-12-10-8-6-4-2/h15,17,21,23,27,29,57,59,62-63,66-67H,3-14,16,18-20,22,24-26,28,30-56,58,60-61H2,1-2H3,(H,65,68)/b17-15-,23-21-,29-27-,59-57+. The van der Waals surface area contributed by atoms with Crippen LogP contribution in [0.2, 0.25) is 0 Å². The normalized spacial score (nSPS) is 13.1. The first kappa shape index (κ1) is 66.3.